The Morgan fingerprint density at radius 3 is 2.13 bits per heavy atom. The van der Waals surface area contributed by atoms with Crippen molar-refractivity contribution in [2.24, 2.45) is 4.90 Å². The number of benzene rings is 1. The molecule has 0 bridgehead atoms. The highest BCUT2D eigenvalue weighted by Gasteiger charge is 2.09. The van der Waals surface area contributed by atoms with Crippen molar-refractivity contribution < 1.29 is 0 Å². The quantitative estimate of drug-likeness (QED) is 0.505. The Morgan fingerprint density at radius 2 is 1.67 bits per heavy atom. The van der Waals surface area contributed by atoms with Crippen molar-refractivity contribution in [1.82, 2.24) is 0 Å². The summed E-state index contributed by atoms with van der Waals surface area (Å²) in [5, 5.41) is 0. The molecule has 1 aromatic carbocycles. The van der Waals surface area contributed by atoms with Gasteiger partial charge in [0.25, 0.3) is 6.85 Å². The van der Waals surface area contributed by atoms with Gasteiger partial charge in [-0.15, -0.1) is 0 Å². The second-order valence-electron chi connectivity index (χ2n) is 3.77. The molecule has 2 heteroatoms. The Labute approximate surface area is 93.7 Å². The van der Waals surface area contributed by atoms with Crippen molar-refractivity contribution in [1.29, 1.82) is 0 Å². The molecule has 0 spiro atoms. The molecule has 1 nitrogen and oxygen atoms in total. The van der Waals surface area contributed by atoms with Crippen molar-refractivity contribution in [2.45, 2.75) is 39.8 Å². The second-order valence-corrected chi connectivity index (χ2v) is 3.77. The Morgan fingerprint density at radius 1 is 1.07 bits per heavy atom. The summed E-state index contributed by atoms with van der Waals surface area (Å²) < 4.78 is 0. The lowest BCUT2D eigenvalue weighted by Gasteiger charge is -2.08. The topological polar surface area (TPSA) is 12.4 Å². The zero-order chi connectivity index (χ0) is 11.1. The highest BCUT2D eigenvalue weighted by Crippen LogP contribution is 2.08. The molecule has 1 rings (SSSR count). The van der Waals surface area contributed by atoms with Gasteiger partial charge in [-0.05, 0) is 12.0 Å². The first-order valence-electron chi connectivity index (χ1n) is 5.93. The van der Waals surface area contributed by atoms with E-state index in [9.17, 15) is 0 Å². The molecule has 0 aromatic heterocycles. The van der Waals surface area contributed by atoms with Crippen LogP contribution in [0.2, 0.25) is 12.6 Å². The molecule has 1 aromatic rings. The normalized spacial score (nSPS) is 11.5. The zero-order valence-electron chi connectivity index (χ0n) is 10.0. The maximum Gasteiger partial charge on any atom is 0.279 e. The van der Waals surface area contributed by atoms with E-state index in [0.29, 0.717) is 6.85 Å². The van der Waals surface area contributed by atoms with Crippen LogP contribution >= 0.6 is 0 Å². The predicted octanol–water partition coefficient (Wildman–Crippen LogP) is 3.92. The Bertz CT molecular complexity index is 302. The SMILES string of the molecule is CCB(CC)/N=C(\CC)c1ccccc1. The molecular weight excluding hydrogens is 181 g/mol. The van der Waals surface area contributed by atoms with Gasteiger partial charge in [-0.25, -0.2) is 0 Å². The molecule has 0 saturated heterocycles. The van der Waals surface area contributed by atoms with Crippen LogP contribution in [0.25, 0.3) is 0 Å². The fourth-order valence-electron chi connectivity index (χ4n) is 1.69. The molecule has 0 amide bonds. The molecular formula is C13H20BN. The van der Waals surface area contributed by atoms with Gasteiger partial charge < -0.3 is 4.90 Å². The van der Waals surface area contributed by atoms with Gasteiger partial charge in [-0.3, -0.25) is 0 Å². The summed E-state index contributed by atoms with van der Waals surface area (Å²) in [6, 6.07) is 10.5. The molecule has 0 saturated carbocycles. The minimum absolute atomic E-state index is 0.486. The summed E-state index contributed by atoms with van der Waals surface area (Å²) >= 11 is 0. The van der Waals surface area contributed by atoms with Gasteiger partial charge in [0.05, 0.1) is 0 Å². The standard InChI is InChI=1S/C13H20BN/c1-4-13(15-14(5-2)6-3)12-10-8-7-9-11-12/h7-11H,4-6H2,1-3H3/b15-13+. The van der Waals surface area contributed by atoms with E-state index in [2.05, 4.69) is 45.0 Å². The fourth-order valence-corrected chi connectivity index (χ4v) is 1.69. The van der Waals surface area contributed by atoms with Crippen molar-refractivity contribution >= 4 is 12.6 Å². The van der Waals surface area contributed by atoms with Gasteiger partial charge in [0.15, 0.2) is 0 Å². The number of hydrogen-bond acceptors (Lipinski definition) is 1. The van der Waals surface area contributed by atoms with E-state index in [1.807, 2.05) is 6.07 Å². The molecule has 15 heavy (non-hydrogen) atoms. The van der Waals surface area contributed by atoms with Crippen LogP contribution in [0.1, 0.15) is 32.8 Å². The van der Waals surface area contributed by atoms with Gasteiger partial charge in [0.1, 0.15) is 0 Å². The second kappa shape index (κ2) is 6.44. The van der Waals surface area contributed by atoms with E-state index in [1.54, 1.807) is 0 Å². The lowest BCUT2D eigenvalue weighted by atomic mass is 9.58. The Balaban J connectivity index is 2.88. The van der Waals surface area contributed by atoms with Gasteiger partial charge in [-0.2, -0.15) is 0 Å². The average Bonchev–Trinajstić information content (AvgIpc) is 2.32. The summed E-state index contributed by atoms with van der Waals surface area (Å²) in [6.07, 6.45) is 3.28. The number of nitrogens with zero attached hydrogens (tertiary/aromatic N) is 1. The third-order valence-corrected chi connectivity index (χ3v) is 2.72. The van der Waals surface area contributed by atoms with Crippen LogP contribution in [-0.4, -0.2) is 12.6 Å². The Kier molecular flexibility index (Phi) is 5.16. The lowest BCUT2D eigenvalue weighted by Crippen LogP contribution is -2.11. The summed E-state index contributed by atoms with van der Waals surface area (Å²) in [5.74, 6) is 0. The van der Waals surface area contributed by atoms with Gasteiger partial charge in [0, 0.05) is 5.71 Å². The van der Waals surface area contributed by atoms with Gasteiger partial charge in [0.2, 0.25) is 0 Å². The van der Waals surface area contributed by atoms with E-state index < -0.39 is 0 Å². The zero-order valence-corrected chi connectivity index (χ0v) is 10.0. The van der Waals surface area contributed by atoms with Crippen molar-refractivity contribution in [2.75, 3.05) is 0 Å². The molecule has 0 atom stereocenters. The minimum atomic E-state index is 0.486. The van der Waals surface area contributed by atoms with Gasteiger partial charge >= 0.3 is 0 Å². The largest absolute Gasteiger partial charge is 0.345 e. The number of hydrogen-bond donors (Lipinski definition) is 0. The molecule has 0 N–H and O–H groups in total. The smallest absolute Gasteiger partial charge is 0.279 e. The summed E-state index contributed by atoms with van der Waals surface area (Å²) in [7, 11) is 0. The molecule has 0 unspecified atom stereocenters. The highest BCUT2D eigenvalue weighted by molar-refractivity contribution is 6.58. The van der Waals surface area contributed by atoms with Crippen molar-refractivity contribution in [3.8, 4) is 0 Å². The maximum atomic E-state index is 4.82. The summed E-state index contributed by atoms with van der Waals surface area (Å²) in [6.45, 7) is 7.07. The molecule has 80 valence electrons. The van der Waals surface area contributed by atoms with E-state index >= 15 is 0 Å². The van der Waals surface area contributed by atoms with E-state index in [0.717, 1.165) is 19.1 Å². The molecule has 0 fully saturated rings. The van der Waals surface area contributed by atoms with Crippen LogP contribution < -0.4 is 0 Å². The third-order valence-electron chi connectivity index (χ3n) is 2.72. The first-order valence-corrected chi connectivity index (χ1v) is 5.93. The van der Waals surface area contributed by atoms with Crippen LogP contribution in [0.15, 0.2) is 35.2 Å². The van der Waals surface area contributed by atoms with E-state index in [-0.39, 0.29) is 0 Å². The van der Waals surface area contributed by atoms with Crippen LogP contribution in [0.5, 0.6) is 0 Å². The highest BCUT2D eigenvalue weighted by atomic mass is 14.6. The van der Waals surface area contributed by atoms with Crippen LogP contribution in [0.3, 0.4) is 0 Å². The first-order chi connectivity index (χ1) is 7.31. The molecule has 0 aliphatic heterocycles. The Hall–Kier alpha value is -1.05. The van der Waals surface area contributed by atoms with Crippen molar-refractivity contribution in [3.05, 3.63) is 35.9 Å². The van der Waals surface area contributed by atoms with Gasteiger partial charge in [-0.1, -0.05) is 63.7 Å². The van der Waals surface area contributed by atoms with Crippen LogP contribution in [-0.2, 0) is 0 Å². The molecule has 0 aliphatic rings. The van der Waals surface area contributed by atoms with E-state index in [1.165, 1.54) is 11.3 Å². The first kappa shape index (κ1) is 12.0. The lowest BCUT2D eigenvalue weighted by molar-refractivity contribution is 1.24. The fraction of sp³-hybridized carbons (Fsp3) is 0.462. The third kappa shape index (κ3) is 3.54. The van der Waals surface area contributed by atoms with Crippen LogP contribution in [0.4, 0.5) is 0 Å². The minimum Gasteiger partial charge on any atom is -0.345 e. The average molecular weight is 201 g/mol. The number of rotatable bonds is 5. The van der Waals surface area contributed by atoms with Crippen LogP contribution in [0, 0.1) is 0 Å². The summed E-state index contributed by atoms with van der Waals surface area (Å²) in [5.41, 5.74) is 2.51. The van der Waals surface area contributed by atoms with E-state index in [4.69, 9.17) is 4.90 Å². The maximum absolute atomic E-state index is 4.82. The van der Waals surface area contributed by atoms with Crippen molar-refractivity contribution in [3.63, 3.8) is 0 Å². The predicted molar refractivity (Wildman–Crippen MR) is 70.0 cm³/mol. The molecule has 0 aliphatic carbocycles. The summed E-state index contributed by atoms with van der Waals surface area (Å²) in [4.78, 5) is 4.82. The molecule has 0 heterocycles. The monoisotopic (exact) mass is 201 g/mol. The molecule has 0 radical (unpaired) electrons.